The fraction of sp³-hybridized carbons (Fsp3) is 0.188. The minimum atomic E-state index is -3.90. The molecule has 128 valence electrons. The van der Waals surface area contributed by atoms with Crippen LogP contribution in [0.4, 0.5) is 14.5 Å². The molecule has 0 saturated heterocycles. The molecule has 0 bridgehead atoms. The van der Waals surface area contributed by atoms with Crippen LogP contribution in [0.1, 0.15) is 11.1 Å². The van der Waals surface area contributed by atoms with Crippen molar-refractivity contribution in [3.63, 3.8) is 0 Å². The highest BCUT2D eigenvalue weighted by molar-refractivity contribution is 7.91. The van der Waals surface area contributed by atoms with Crippen LogP contribution in [0.15, 0.2) is 42.5 Å². The molecule has 0 atom stereocenters. The molecule has 0 saturated carbocycles. The summed E-state index contributed by atoms with van der Waals surface area (Å²) >= 11 is 0. The van der Waals surface area contributed by atoms with Crippen LogP contribution in [-0.4, -0.2) is 21.5 Å². The Bertz CT molecular complexity index is 839. The van der Waals surface area contributed by atoms with Gasteiger partial charge in [0.25, 0.3) is 0 Å². The normalized spacial score (nSPS) is 11.1. The first kappa shape index (κ1) is 17.9. The molecule has 0 aliphatic rings. The zero-order valence-corrected chi connectivity index (χ0v) is 13.6. The predicted octanol–water partition coefficient (Wildman–Crippen LogP) is 2.62. The number of hydrogen-bond acceptors (Lipinski definition) is 4. The Morgan fingerprint density at radius 2 is 1.79 bits per heavy atom. The summed E-state index contributed by atoms with van der Waals surface area (Å²) in [6.07, 6.45) is -0.636. The Balaban J connectivity index is 2.26. The summed E-state index contributed by atoms with van der Waals surface area (Å²) in [5.74, 6) is -3.30. The molecule has 0 aliphatic carbocycles. The summed E-state index contributed by atoms with van der Waals surface area (Å²) < 4.78 is 58.7. The van der Waals surface area contributed by atoms with E-state index in [0.29, 0.717) is 5.56 Å². The third kappa shape index (κ3) is 4.51. The summed E-state index contributed by atoms with van der Waals surface area (Å²) in [6.45, 7) is 0. The molecule has 0 heterocycles. The maximum atomic E-state index is 14.3. The largest absolute Gasteiger partial charge is 0.469 e. The maximum absolute atomic E-state index is 14.3. The van der Waals surface area contributed by atoms with E-state index in [4.69, 9.17) is 0 Å². The van der Waals surface area contributed by atoms with Crippen molar-refractivity contribution >= 4 is 21.7 Å². The molecule has 2 rings (SSSR count). The van der Waals surface area contributed by atoms with E-state index in [1.807, 2.05) is 0 Å². The smallest absolute Gasteiger partial charge is 0.310 e. The number of carbonyl (C=O) groups is 1. The minimum absolute atomic E-state index is 0.364. The number of hydrogen-bond donors (Lipinski definition) is 1. The van der Waals surface area contributed by atoms with Gasteiger partial charge in [-0.15, -0.1) is 0 Å². The van der Waals surface area contributed by atoms with Crippen LogP contribution < -0.4 is 4.72 Å². The van der Waals surface area contributed by atoms with E-state index in [2.05, 4.69) is 9.46 Å². The van der Waals surface area contributed by atoms with Crippen molar-refractivity contribution in [2.75, 3.05) is 11.8 Å². The van der Waals surface area contributed by atoms with Crippen molar-refractivity contribution in [1.29, 1.82) is 0 Å². The van der Waals surface area contributed by atoms with E-state index >= 15 is 0 Å². The Kier molecular flexibility index (Phi) is 5.50. The molecular formula is C16H15F2NO4S. The summed E-state index contributed by atoms with van der Waals surface area (Å²) in [5.41, 5.74) is -0.463. The maximum Gasteiger partial charge on any atom is 0.310 e. The molecule has 0 amide bonds. The fourth-order valence-corrected chi connectivity index (χ4v) is 3.25. The number of sulfonamides is 1. The first-order valence-corrected chi connectivity index (χ1v) is 8.55. The number of methoxy groups -OCH3 is 1. The first-order valence-electron chi connectivity index (χ1n) is 6.90. The second-order valence-electron chi connectivity index (χ2n) is 4.99. The third-order valence-electron chi connectivity index (χ3n) is 3.20. The second kappa shape index (κ2) is 7.39. The van der Waals surface area contributed by atoms with Crippen LogP contribution in [0.5, 0.6) is 0 Å². The van der Waals surface area contributed by atoms with Crippen LogP contribution in [0.3, 0.4) is 0 Å². The predicted molar refractivity (Wildman–Crippen MR) is 84.8 cm³/mol. The quantitative estimate of drug-likeness (QED) is 0.809. The van der Waals surface area contributed by atoms with Gasteiger partial charge < -0.3 is 4.74 Å². The topological polar surface area (TPSA) is 72.5 Å². The van der Waals surface area contributed by atoms with Crippen molar-refractivity contribution in [2.24, 2.45) is 0 Å². The molecule has 0 aliphatic heterocycles. The van der Waals surface area contributed by atoms with E-state index in [-0.39, 0.29) is 5.75 Å². The second-order valence-corrected chi connectivity index (χ2v) is 6.71. The Hall–Kier alpha value is -2.48. The van der Waals surface area contributed by atoms with E-state index in [0.717, 1.165) is 19.2 Å². The molecule has 2 aromatic rings. The van der Waals surface area contributed by atoms with Gasteiger partial charge in [0.15, 0.2) is 5.82 Å². The van der Waals surface area contributed by atoms with Gasteiger partial charge in [-0.1, -0.05) is 30.3 Å². The zero-order chi connectivity index (χ0) is 17.7. The molecule has 2 aromatic carbocycles. The first-order chi connectivity index (χ1) is 11.3. The number of halogens is 2. The van der Waals surface area contributed by atoms with Gasteiger partial charge in [0.05, 0.1) is 25.0 Å². The lowest BCUT2D eigenvalue weighted by Crippen LogP contribution is -2.17. The molecule has 0 radical (unpaired) electrons. The van der Waals surface area contributed by atoms with E-state index in [1.165, 1.54) is 0 Å². The van der Waals surface area contributed by atoms with Gasteiger partial charge in [0.2, 0.25) is 10.0 Å². The Morgan fingerprint density at radius 3 is 2.42 bits per heavy atom. The van der Waals surface area contributed by atoms with Crippen molar-refractivity contribution in [1.82, 2.24) is 0 Å². The molecule has 0 aromatic heterocycles. The van der Waals surface area contributed by atoms with Crippen molar-refractivity contribution in [3.05, 3.63) is 65.2 Å². The lowest BCUT2D eigenvalue weighted by molar-refractivity contribution is -0.139. The van der Waals surface area contributed by atoms with Crippen molar-refractivity contribution in [2.45, 2.75) is 12.2 Å². The lowest BCUT2D eigenvalue weighted by Gasteiger charge is -2.12. The summed E-state index contributed by atoms with van der Waals surface area (Å²) in [4.78, 5) is 11.2. The van der Waals surface area contributed by atoms with Crippen LogP contribution in [-0.2, 0) is 31.7 Å². The average molecular weight is 355 g/mol. The summed E-state index contributed by atoms with van der Waals surface area (Å²) in [7, 11) is -2.81. The standard InChI is InChI=1S/C16H15F2NO4S/c1-23-15(20)9-12-13(17)7-8-14(16(12)18)19-24(21,22)10-11-5-3-2-4-6-11/h2-8,19H,9-10H2,1H3. The minimum Gasteiger partial charge on any atom is -0.469 e. The summed E-state index contributed by atoms with van der Waals surface area (Å²) in [6, 6.07) is 10.2. The van der Waals surface area contributed by atoms with Gasteiger partial charge >= 0.3 is 5.97 Å². The number of benzene rings is 2. The number of rotatable bonds is 6. The molecule has 0 fully saturated rings. The van der Waals surface area contributed by atoms with E-state index < -0.39 is 45.3 Å². The summed E-state index contributed by atoms with van der Waals surface area (Å²) in [5, 5.41) is 0. The molecule has 5 nitrogen and oxygen atoms in total. The number of ether oxygens (including phenoxy) is 1. The molecular weight excluding hydrogens is 340 g/mol. The van der Waals surface area contributed by atoms with Crippen LogP contribution in [0.25, 0.3) is 0 Å². The van der Waals surface area contributed by atoms with Gasteiger partial charge in [-0.05, 0) is 17.7 Å². The third-order valence-corrected chi connectivity index (χ3v) is 4.44. The average Bonchev–Trinajstić information content (AvgIpc) is 2.54. The molecule has 24 heavy (non-hydrogen) atoms. The van der Waals surface area contributed by atoms with Crippen LogP contribution >= 0.6 is 0 Å². The highest BCUT2D eigenvalue weighted by Gasteiger charge is 2.20. The van der Waals surface area contributed by atoms with Crippen LogP contribution in [0.2, 0.25) is 0 Å². The highest BCUT2D eigenvalue weighted by Crippen LogP contribution is 2.23. The molecule has 1 N–H and O–H groups in total. The number of nitrogens with one attached hydrogen (secondary N) is 1. The van der Waals surface area contributed by atoms with Crippen LogP contribution in [0, 0.1) is 11.6 Å². The number of carbonyl (C=O) groups excluding carboxylic acids is 1. The highest BCUT2D eigenvalue weighted by atomic mass is 32.2. The fourth-order valence-electron chi connectivity index (χ4n) is 2.05. The number of anilines is 1. The molecule has 0 spiro atoms. The van der Waals surface area contributed by atoms with Gasteiger partial charge in [-0.3, -0.25) is 9.52 Å². The van der Waals surface area contributed by atoms with Gasteiger partial charge in [0, 0.05) is 5.56 Å². The van der Waals surface area contributed by atoms with E-state index in [1.54, 1.807) is 30.3 Å². The molecule has 8 heteroatoms. The van der Waals surface area contributed by atoms with E-state index in [9.17, 15) is 22.0 Å². The lowest BCUT2D eigenvalue weighted by atomic mass is 10.1. The van der Waals surface area contributed by atoms with Gasteiger partial charge in [-0.2, -0.15) is 0 Å². The molecule has 0 unspecified atom stereocenters. The Morgan fingerprint density at radius 1 is 1.12 bits per heavy atom. The Labute approximate surface area is 138 Å². The monoisotopic (exact) mass is 355 g/mol. The number of esters is 1. The van der Waals surface area contributed by atoms with Gasteiger partial charge in [-0.25, -0.2) is 17.2 Å². The van der Waals surface area contributed by atoms with Crippen molar-refractivity contribution < 1.29 is 26.7 Å². The van der Waals surface area contributed by atoms with Crippen molar-refractivity contribution in [3.8, 4) is 0 Å². The SMILES string of the molecule is COC(=O)Cc1c(F)ccc(NS(=O)(=O)Cc2ccccc2)c1F. The zero-order valence-electron chi connectivity index (χ0n) is 12.8. The van der Waals surface area contributed by atoms with Gasteiger partial charge in [0.1, 0.15) is 5.82 Å².